The average Bonchev–Trinajstić information content (AvgIpc) is 3.27. The molecule has 0 amide bonds. The van der Waals surface area contributed by atoms with Crippen LogP contribution in [0.1, 0.15) is 39.0 Å². The molecule has 1 saturated carbocycles. The fraction of sp³-hybridized carbons (Fsp3) is 0.947. The summed E-state index contributed by atoms with van der Waals surface area (Å²) in [4.78, 5) is 10.4. The molecule has 3 saturated heterocycles. The number of likely N-dealkylation sites (tertiary alicyclic amines) is 1. The quantitative estimate of drug-likeness (QED) is 0.370. The Morgan fingerprint density at radius 2 is 1.96 bits per heavy atom. The number of hydrogen-bond donors (Lipinski definition) is 1. The third-order valence-electron chi connectivity index (χ3n) is 6.77. The molecule has 0 bridgehead atoms. The highest BCUT2D eigenvalue weighted by atomic mass is 127. The number of aliphatic imine (C=N–C) groups is 1. The number of morpholine rings is 1. The first-order valence-electron chi connectivity index (χ1n) is 10.2. The minimum Gasteiger partial charge on any atom is -0.379 e. The van der Waals surface area contributed by atoms with E-state index >= 15 is 0 Å². The fourth-order valence-corrected chi connectivity index (χ4v) is 6.42. The van der Waals surface area contributed by atoms with Gasteiger partial charge < -0.3 is 15.0 Å². The van der Waals surface area contributed by atoms with Crippen molar-refractivity contribution in [1.82, 2.24) is 15.1 Å². The van der Waals surface area contributed by atoms with E-state index in [9.17, 15) is 0 Å². The summed E-state index contributed by atoms with van der Waals surface area (Å²) in [7, 11) is 0. The zero-order valence-electron chi connectivity index (χ0n) is 16.2. The summed E-state index contributed by atoms with van der Waals surface area (Å²) in [5.41, 5.74) is 0.879. The van der Waals surface area contributed by atoms with Crippen LogP contribution in [-0.2, 0) is 4.74 Å². The van der Waals surface area contributed by atoms with Crippen LogP contribution < -0.4 is 5.32 Å². The molecular formula is C19H35IN4OS. The molecule has 1 atom stereocenters. The molecule has 0 aromatic heterocycles. The standard InChI is InChI=1S/C19H34N4OS.HI/c1-2-20-17(22-8-6-18(15-22)4-3-5-18)21-14-19(7-13-25-16-19)23-9-11-24-12-10-23;/h2-16H2,1H3,(H,20,21);1H. The van der Waals surface area contributed by atoms with E-state index in [-0.39, 0.29) is 29.5 Å². The van der Waals surface area contributed by atoms with Crippen molar-refractivity contribution in [3.05, 3.63) is 0 Å². The Morgan fingerprint density at radius 1 is 1.15 bits per heavy atom. The maximum atomic E-state index is 5.59. The molecular weight excluding hydrogens is 459 g/mol. The van der Waals surface area contributed by atoms with E-state index < -0.39 is 0 Å². The number of rotatable bonds is 4. The smallest absolute Gasteiger partial charge is 0.193 e. The van der Waals surface area contributed by atoms with Crippen molar-refractivity contribution in [3.8, 4) is 0 Å². The zero-order chi connectivity index (χ0) is 17.2. The van der Waals surface area contributed by atoms with Gasteiger partial charge in [0.15, 0.2) is 5.96 Å². The molecule has 1 unspecified atom stereocenters. The monoisotopic (exact) mass is 494 g/mol. The van der Waals surface area contributed by atoms with E-state index in [0.717, 1.165) is 45.4 Å². The lowest BCUT2D eigenvalue weighted by atomic mass is 9.68. The zero-order valence-corrected chi connectivity index (χ0v) is 19.3. The molecule has 7 heteroatoms. The molecule has 0 radical (unpaired) electrons. The molecule has 0 aromatic rings. The Labute approximate surface area is 180 Å². The van der Waals surface area contributed by atoms with E-state index in [0.29, 0.717) is 5.41 Å². The largest absolute Gasteiger partial charge is 0.379 e. The van der Waals surface area contributed by atoms with E-state index in [1.165, 1.54) is 56.7 Å². The van der Waals surface area contributed by atoms with Crippen molar-refractivity contribution in [3.63, 3.8) is 0 Å². The number of thioether (sulfide) groups is 1. The predicted octanol–water partition coefficient (Wildman–Crippen LogP) is 2.65. The van der Waals surface area contributed by atoms with Gasteiger partial charge in [-0.15, -0.1) is 24.0 Å². The highest BCUT2D eigenvalue weighted by Gasteiger charge is 2.44. The van der Waals surface area contributed by atoms with Crippen LogP contribution in [-0.4, -0.2) is 85.3 Å². The van der Waals surface area contributed by atoms with E-state index in [4.69, 9.17) is 9.73 Å². The molecule has 150 valence electrons. The van der Waals surface area contributed by atoms with Gasteiger partial charge in [0.2, 0.25) is 0 Å². The van der Waals surface area contributed by atoms with E-state index in [1.54, 1.807) is 0 Å². The lowest BCUT2D eigenvalue weighted by Crippen LogP contribution is -2.56. The van der Waals surface area contributed by atoms with Crippen molar-refractivity contribution in [2.24, 2.45) is 10.4 Å². The van der Waals surface area contributed by atoms with Gasteiger partial charge in [-0.3, -0.25) is 9.89 Å². The van der Waals surface area contributed by atoms with Crippen molar-refractivity contribution in [1.29, 1.82) is 0 Å². The second-order valence-electron chi connectivity index (χ2n) is 8.32. The summed E-state index contributed by atoms with van der Waals surface area (Å²) in [6, 6.07) is 0. The van der Waals surface area contributed by atoms with Crippen molar-refractivity contribution in [2.45, 2.75) is 44.6 Å². The minimum absolute atomic E-state index is 0. The Kier molecular flexibility index (Phi) is 7.41. The molecule has 1 spiro atoms. The highest BCUT2D eigenvalue weighted by Crippen LogP contribution is 2.48. The van der Waals surface area contributed by atoms with Gasteiger partial charge in [-0.2, -0.15) is 11.8 Å². The molecule has 1 N–H and O–H groups in total. The number of nitrogens with zero attached hydrogens (tertiary/aromatic N) is 3. The molecule has 1 aliphatic carbocycles. The third-order valence-corrected chi connectivity index (χ3v) is 8.01. The summed E-state index contributed by atoms with van der Waals surface area (Å²) in [6.45, 7) is 10.4. The Morgan fingerprint density at radius 3 is 2.54 bits per heavy atom. The maximum absolute atomic E-state index is 5.59. The Bertz CT molecular complexity index is 488. The summed E-state index contributed by atoms with van der Waals surface area (Å²) in [5, 5.41) is 3.58. The maximum Gasteiger partial charge on any atom is 0.193 e. The predicted molar refractivity (Wildman–Crippen MR) is 121 cm³/mol. The highest BCUT2D eigenvalue weighted by molar-refractivity contribution is 14.0. The summed E-state index contributed by atoms with van der Waals surface area (Å²) < 4.78 is 5.59. The first kappa shape index (κ1) is 21.0. The van der Waals surface area contributed by atoms with Crippen LogP contribution in [0.25, 0.3) is 0 Å². The number of nitrogens with one attached hydrogen (secondary N) is 1. The minimum atomic E-state index is 0. The Balaban J connectivity index is 0.00000196. The van der Waals surface area contributed by atoms with Crippen molar-refractivity contribution in [2.75, 3.05) is 64.0 Å². The average molecular weight is 494 g/mol. The SMILES string of the molecule is CCNC(=NCC1(N2CCOCC2)CCSC1)N1CCC2(CCC2)C1.I. The second kappa shape index (κ2) is 9.18. The van der Waals surface area contributed by atoms with Gasteiger partial charge in [-0.1, -0.05) is 6.42 Å². The third kappa shape index (κ3) is 4.30. The molecule has 0 aromatic carbocycles. The van der Waals surface area contributed by atoms with Gasteiger partial charge in [0.05, 0.1) is 25.3 Å². The van der Waals surface area contributed by atoms with Crippen LogP contribution in [0, 0.1) is 5.41 Å². The van der Waals surface area contributed by atoms with Crippen molar-refractivity contribution < 1.29 is 4.74 Å². The van der Waals surface area contributed by atoms with Gasteiger partial charge in [0.25, 0.3) is 0 Å². The molecule has 4 rings (SSSR count). The van der Waals surface area contributed by atoms with Crippen LogP contribution >= 0.6 is 35.7 Å². The van der Waals surface area contributed by atoms with Gasteiger partial charge >= 0.3 is 0 Å². The normalized spacial score (nSPS) is 31.7. The van der Waals surface area contributed by atoms with Gasteiger partial charge in [0.1, 0.15) is 0 Å². The first-order valence-corrected chi connectivity index (χ1v) is 11.3. The number of hydrogen-bond acceptors (Lipinski definition) is 4. The molecule has 4 aliphatic rings. The van der Waals surface area contributed by atoms with Gasteiger partial charge in [-0.05, 0) is 43.8 Å². The van der Waals surface area contributed by atoms with Crippen LogP contribution in [0.2, 0.25) is 0 Å². The van der Waals surface area contributed by atoms with Crippen molar-refractivity contribution >= 4 is 41.7 Å². The van der Waals surface area contributed by atoms with Crippen LogP contribution in [0.15, 0.2) is 4.99 Å². The van der Waals surface area contributed by atoms with Gasteiger partial charge in [0, 0.05) is 38.5 Å². The van der Waals surface area contributed by atoms with E-state index in [2.05, 4.69) is 33.8 Å². The summed E-state index contributed by atoms with van der Waals surface area (Å²) in [6.07, 6.45) is 6.92. The molecule has 3 aliphatic heterocycles. The fourth-order valence-electron chi connectivity index (χ4n) is 4.96. The summed E-state index contributed by atoms with van der Waals surface area (Å²) in [5.74, 6) is 3.66. The van der Waals surface area contributed by atoms with E-state index in [1.807, 2.05) is 0 Å². The van der Waals surface area contributed by atoms with Crippen LogP contribution in [0.3, 0.4) is 0 Å². The van der Waals surface area contributed by atoms with Crippen LogP contribution in [0.5, 0.6) is 0 Å². The molecule has 3 heterocycles. The number of halogens is 1. The number of ether oxygens (including phenoxy) is 1. The lowest BCUT2D eigenvalue weighted by Gasteiger charge is -2.42. The lowest BCUT2D eigenvalue weighted by molar-refractivity contribution is -0.0105. The topological polar surface area (TPSA) is 40.1 Å². The molecule has 26 heavy (non-hydrogen) atoms. The first-order chi connectivity index (χ1) is 12.3. The second-order valence-corrected chi connectivity index (χ2v) is 9.43. The molecule has 4 fully saturated rings. The molecule has 5 nitrogen and oxygen atoms in total. The number of guanidine groups is 1. The Hall–Kier alpha value is 0.270. The van der Waals surface area contributed by atoms with Gasteiger partial charge in [-0.25, -0.2) is 0 Å². The van der Waals surface area contributed by atoms with Crippen LogP contribution in [0.4, 0.5) is 0 Å². The summed E-state index contributed by atoms with van der Waals surface area (Å²) >= 11 is 2.10.